The number of halogens is 2. The summed E-state index contributed by atoms with van der Waals surface area (Å²) in [5.41, 5.74) is -1.99. The largest absolute Gasteiger partial charge is 0.508 e. The van der Waals surface area contributed by atoms with Crippen LogP contribution < -0.4 is 19.6 Å². The highest BCUT2D eigenvalue weighted by Crippen LogP contribution is 2.45. The molecule has 0 aliphatic heterocycles. The van der Waals surface area contributed by atoms with Crippen molar-refractivity contribution in [3.8, 4) is 23.0 Å². The van der Waals surface area contributed by atoms with Gasteiger partial charge < -0.3 is 24.1 Å². The van der Waals surface area contributed by atoms with Gasteiger partial charge in [-0.25, -0.2) is 10.2 Å². The molecule has 0 atom stereocenters. The van der Waals surface area contributed by atoms with Crippen LogP contribution in [-0.2, 0) is 23.6 Å². The van der Waals surface area contributed by atoms with Crippen molar-refractivity contribution in [3.05, 3.63) is 44.8 Å². The highest BCUT2D eigenvalue weighted by Gasteiger charge is 2.43. The molecule has 3 N–H and O–H groups in total. The fourth-order valence-electron chi connectivity index (χ4n) is 3.77. The fraction of sp³-hybridized carbons (Fsp3) is 0.500. The predicted octanol–water partition coefficient (Wildman–Crippen LogP) is 7.22. The van der Waals surface area contributed by atoms with E-state index in [1.165, 1.54) is 27.7 Å². The average Bonchev–Trinajstić information content (AvgIpc) is 2.85. The molecule has 228 valence electrons. The van der Waals surface area contributed by atoms with E-state index in [0.29, 0.717) is 26.2 Å². The highest BCUT2D eigenvalue weighted by atomic mass is 79.9. The second kappa shape index (κ2) is 14.4. The van der Waals surface area contributed by atoms with Gasteiger partial charge in [-0.2, -0.15) is 0 Å². The third-order valence-electron chi connectivity index (χ3n) is 5.72. The molecular weight excluding hydrogens is 683 g/mol. The van der Waals surface area contributed by atoms with Gasteiger partial charge in [0, 0.05) is 5.56 Å². The van der Waals surface area contributed by atoms with Crippen molar-refractivity contribution in [2.24, 2.45) is 0 Å². The van der Waals surface area contributed by atoms with Crippen molar-refractivity contribution in [1.29, 1.82) is 0 Å². The molecule has 13 heteroatoms. The van der Waals surface area contributed by atoms with Gasteiger partial charge in [-0.15, -0.1) is 0 Å². The zero-order chi connectivity index (χ0) is 31.2. The molecule has 2 aromatic carbocycles. The normalized spacial score (nSPS) is 12.3. The van der Waals surface area contributed by atoms with Gasteiger partial charge in [0.2, 0.25) is 7.44 Å². The van der Waals surface area contributed by atoms with Gasteiger partial charge in [-0.1, -0.05) is 13.8 Å². The molecule has 0 fully saturated rings. The summed E-state index contributed by atoms with van der Waals surface area (Å²) in [6, 6.07) is 8.29. The number of phenolic OH excluding ortho intramolecular Hbond substituents is 1. The molecular formula is C28H39Br2N2O8P. The van der Waals surface area contributed by atoms with Crippen LogP contribution in [0.3, 0.4) is 0 Å². The van der Waals surface area contributed by atoms with Crippen molar-refractivity contribution < 1.29 is 38.2 Å². The number of esters is 2. The van der Waals surface area contributed by atoms with Crippen LogP contribution in [0.4, 0.5) is 0 Å². The third-order valence-corrected chi connectivity index (χ3v) is 9.23. The van der Waals surface area contributed by atoms with Gasteiger partial charge in [-0.05, 0) is 110 Å². The molecule has 0 aromatic heterocycles. The first kappa shape index (κ1) is 35.1. The van der Waals surface area contributed by atoms with Crippen molar-refractivity contribution in [1.82, 2.24) is 10.2 Å². The van der Waals surface area contributed by atoms with E-state index in [0.717, 1.165) is 5.56 Å². The van der Waals surface area contributed by atoms with Gasteiger partial charge in [0.15, 0.2) is 12.1 Å². The van der Waals surface area contributed by atoms with E-state index in [-0.39, 0.29) is 24.9 Å². The third kappa shape index (κ3) is 9.71. The van der Waals surface area contributed by atoms with Crippen LogP contribution in [0, 0.1) is 0 Å². The van der Waals surface area contributed by atoms with Crippen LogP contribution in [0.15, 0.2) is 39.3 Å². The minimum atomic E-state index is -3.81. The SMILES string of the molecule is CCOC(=O)C(C)(C)NP(=O)(COc1cc(Br)c(Oc2ccc(O)c(C(C)C)c2)c(Br)c1)NC(C)(C)C(=O)OCC. The number of benzene rings is 2. The molecule has 0 radical (unpaired) electrons. The Bertz CT molecular complexity index is 1240. The number of aromatic hydroxyl groups is 1. The minimum absolute atomic E-state index is 0.0988. The van der Waals surface area contributed by atoms with E-state index in [9.17, 15) is 19.3 Å². The Morgan fingerprint density at radius 2 is 1.39 bits per heavy atom. The summed E-state index contributed by atoms with van der Waals surface area (Å²) in [4.78, 5) is 25.1. The van der Waals surface area contributed by atoms with Gasteiger partial charge in [0.25, 0.3) is 0 Å². The zero-order valence-corrected chi connectivity index (χ0v) is 28.7. The first-order valence-corrected chi connectivity index (χ1v) is 16.6. The van der Waals surface area contributed by atoms with E-state index in [1.54, 1.807) is 44.2 Å². The molecule has 0 saturated carbocycles. The Hall–Kier alpha value is -2.11. The monoisotopic (exact) mass is 720 g/mol. The summed E-state index contributed by atoms with van der Waals surface area (Å²) in [5, 5.41) is 15.8. The first-order valence-electron chi connectivity index (χ1n) is 13.1. The summed E-state index contributed by atoms with van der Waals surface area (Å²) in [5.74, 6) is 0.387. The quantitative estimate of drug-likeness (QED) is 0.136. The van der Waals surface area contributed by atoms with E-state index in [4.69, 9.17) is 18.9 Å². The second-order valence-electron chi connectivity index (χ2n) is 10.6. The second-order valence-corrected chi connectivity index (χ2v) is 14.5. The Morgan fingerprint density at radius 1 is 0.902 bits per heavy atom. The van der Waals surface area contributed by atoms with Crippen molar-refractivity contribution in [2.75, 3.05) is 19.6 Å². The number of phenols is 1. The molecule has 0 heterocycles. The van der Waals surface area contributed by atoms with E-state index in [2.05, 4.69) is 42.0 Å². The van der Waals surface area contributed by atoms with Crippen molar-refractivity contribution in [2.45, 2.75) is 72.4 Å². The van der Waals surface area contributed by atoms with Gasteiger partial charge in [0.05, 0.1) is 22.2 Å². The lowest BCUT2D eigenvalue weighted by molar-refractivity contribution is -0.149. The molecule has 0 bridgehead atoms. The lowest BCUT2D eigenvalue weighted by Crippen LogP contribution is -2.54. The molecule has 0 amide bonds. The smallest absolute Gasteiger partial charge is 0.326 e. The summed E-state index contributed by atoms with van der Waals surface area (Å²) < 4.78 is 37.5. The van der Waals surface area contributed by atoms with Gasteiger partial charge in [0.1, 0.15) is 28.3 Å². The van der Waals surface area contributed by atoms with Crippen LogP contribution in [0.5, 0.6) is 23.0 Å². The number of carbonyl (C=O) groups excluding carboxylic acids is 2. The van der Waals surface area contributed by atoms with Crippen LogP contribution in [0.1, 0.15) is 66.9 Å². The molecule has 0 spiro atoms. The Morgan fingerprint density at radius 3 is 1.83 bits per heavy atom. The Kier molecular flexibility index (Phi) is 12.3. The van der Waals surface area contributed by atoms with Gasteiger partial charge >= 0.3 is 11.9 Å². The number of hydrogen-bond acceptors (Lipinski definition) is 8. The molecule has 2 aromatic rings. The highest BCUT2D eigenvalue weighted by molar-refractivity contribution is 9.11. The topological polar surface area (TPSA) is 132 Å². The number of hydrogen-bond donors (Lipinski definition) is 3. The maximum Gasteiger partial charge on any atom is 0.326 e. The zero-order valence-electron chi connectivity index (χ0n) is 24.6. The van der Waals surface area contributed by atoms with E-state index >= 15 is 0 Å². The van der Waals surface area contributed by atoms with E-state index in [1.807, 2.05) is 13.8 Å². The average molecular weight is 722 g/mol. The maximum absolute atomic E-state index is 14.2. The van der Waals surface area contributed by atoms with Crippen LogP contribution in [0.2, 0.25) is 0 Å². The number of carbonyl (C=O) groups is 2. The standard InChI is InChI=1S/C28H39Br2N2O8P/c1-9-37-25(34)27(5,6)31-41(36,32-28(7,8)26(35)38-10-2)16-39-19-14-21(29)24(22(30)15-19)40-18-11-12-23(33)20(13-18)17(3)4/h11-15,17,33H,9-10,16H2,1-8H3,(H2,31,32,36). The predicted molar refractivity (Wildman–Crippen MR) is 165 cm³/mol. The lowest BCUT2D eigenvalue weighted by atomic mass is 10.0. The molecule has 0 aliphatic carbocycles. The molecule has 2 rings (SSSR count). The molecule has 41 heavy (non-hydrogen) atoms. The summed E-state index contributed by atoms with van der Waals surface area (Å²) >= 11 is 7.00. The number of nitrogens with one attached hydrogen (secondary N) is 2. The number of rotatable bonds is 14. The molecule has 0 aliphatic rings. The maximum atomic E-state index is 14.2. The minimum Gasteiger partial charge on any atom is -0.508 e. The summed E-state index contributed by atoms with van der Waals surface area (Å²) in [7, 11) is -3.81. The van der Waals surface area contributed by atoms with Gasteiger partial charge in [-0.3, -0.25) is 14.2 Å². The Labute approximate surface area is 258 Å². The lowest BCUT2D eigenvalue weighted by Gasteiger charge is -2.35. The first-order chi connectivity index (χ1) is 18.9. The van der Waals surface area contributed by atoms with Crippen molar-refractivity contribution in [3.63, 3.8) is 0 Å². The molecule has 0 saturated heterocycles. The van der Waals surface area contributed by atoms with Crippen LogP contribution >= 0.6 is 39.3 Å². The van der Waals surface area contributed by atoms with E-state index < -0.39 is 36.8 Å². The summed E-state index contributed by atoms with van der Waals surface area (Å²) in [6.45, 7) is 13.7. The van der Waals surface area contributed by atoms with Crippen LogP contribution in [0.25, 0.3) is 0 Å². The van der Waals surface area contributed by atoms with Crippen molar-refractivity contribution >= 4 is 51.2 Å². The number of ether oxygens (including phenoxy) is 4. The fourth-order valence-corrected chi connectivity index (χ4v) is 7.58. The molecule has 10 nitrogen and oxygen atoms in total. The van der Waals surface area contributed by atoms with Crippen LogP contribution in [-0.4, -0.2) is 47.7 Å². The summed E-state index contributed by atoms with van der Waals surface area (Å²) in [6.07, 6.45) is -0.423. The Balaban J connectivity index is 2.34. The molecule has 0 unspecified atom stereocenters.